The first-order valence-electron chi connectivity index (χ1n) is 11.9. The average molecular weight is 489 g/mol. The second kappa shape index (κ2) is 8.05. The Bertz CT molecular complexity index is 1150. The van der Waals surface area contributed by atoms with Gasteiger partial charge in [0, 0.05) is 23.6 Å². The normalized spacial score (nSPS) is 32.1. The highest BCUT2D eigenvalue weighted by molar-refractivity contribution is 5.96. The molecule has 4 saturated carbocycles. The molecule has 186 valence electrons. The number of carbonyl (C=O) groups is 1. The van der Waals surface area contributed by atoms with Crippen LogP contribution in [0.5, 0.6) is 0 Å². The quantitative estimate of drug-likeness (QED) is 0.652. The number of nitrogens with zero attached hydrogens (tertiary/aromatic N) is 4. The van der Waals surface area contributed by atoms with Crippen LogP contribution in [-0.4, -0.2) is 33.3 Å². The molecule has 2 bridgehead atoms. The minimum Gasteiger partial charge on any atom is -0.390 e. The van der Waals surface area contributed by atoms with Gasteiger partial charge in [0.25, 0.3) is 0 Å². The molecule has 7 nitrogen and oxygen atoms in total. The Balaban J connectivity index is 1.37. The number of hydrogen-bond donors (Lipinski definition) is 1. The topological polar surface area (TPSA) is 103 Å². The lowest BCUT2D eigenvalue weighted by molar-refractivity contribution is -0.159. The average Bonchev–Trinajstić information content (AvgIpc) is 3.34. The number of anilines is 1. The number of hydrogen-bond acceptors (Lipinski definition) is 6. The van der Waals surface area contributed by atoms with Gasteiger partial charge in [-0.2, -0.15) is 23.4 Å². The van der Waals surface area contributed by atoms with E-state index in [4.69, 9.17) is 0 Å². The van der Waals surface area contributed by atoms with Crippen LogP contribution < -0.4 is 4.90 Å². The van der Waals surface area contributed by atoms with E-state index in [0.717, 1.165) is 19.3 Å². The summed E-state index contributed by atoms with van der Waals surface area (Å²) in [5.41, 5.74) is -0.430. The highest BCUT2D eigenvalue weighted by Gasteiger charge is 2.54. The van der Waals surface area contributed by atoms with Crippen LogP contribution >= 0.6 is 0 Å². The number of alkyl halides is 3. The van der Waals surface area contributed by atoms with Gasteiger partial charge in [-0.15, -0.1) is 0 Å². The van der Waals surface area contributed by atoms with Crippen LogP contribution in [0, 0.1) is 22.7 Å². The first-order chi connectivity index (χ1) is 16.4. The van der Waals surface area contributed by atoms with Crippen LogP contribution in [-0.2, 0) is 16.4 Å². The van der Waals surface area contributed by atoms with E-state index >= 15 is 0 Å². The standard InChI is InChI=1S/C25H27F3N4O3/c1-22(34)12-17(13-22)19(33)32(18-4-2-3-16(11-18)14-29)15-23-5-8-24(9-6-23,10-7-23)20-30-21(35-31-20)25(26,27)28/h2-4,11,17,34H,5-10,12-13,15H2,1H3. The van der Waals surface area contributed by atoms with Crippen LogP contribution in [0.4, 0.5) is 18.9 Å². The fourth-order valence-corrected chi connectivity index (χ4v) is 6.16. The summed E-state index contributed by atoms with van der Waals surface area (Å²) in [6.45, 7) is 2.19. The lowest BCUT2D eigenvalue weighted by Gasteiger charge is -2.54. The van der Waals surface area contributed by atoms with E-state index in [9.17, 15) is 28.3 Å². The Hall–Kier alpha value is -2.93. The Morgan fingerprint density at radius 2 is 1.89 bits per heavy atom. The summed E-state index contributed by atoms with van der Waals surface area (Å²) in [5.74, 6) is -1.52. The summed E-state index contributed by atoms with van der Waals surface area (Å²) < 4.78 is 43.4. The summed E-state index contributed by atoms with van der Waals surface area (Å²) in [6, 6.07) is 9.09. The lowest BCUT2D eigenvalue weighted by Crippen LogP contribution is -2.54. The first-order valence-corrected chi connectivity index (χ1v) is 11.9. The summed E-state index contributed by atoms with van der Waals surface area (Å²) in [7, 11) is 0. The van der Waals surface area contributed by atoms with Gasteiger partial charge in [0.1, 0.15) is 0 Å². The number of halogens is 3. The van der Waals surface area contributed by atoms with Crippen molar-refractivity contribution in [2.45, 2.75) is 75.5 Å². The number of nitriles is 1. The van der Waals surface area contributed by atoms with Crippen molar-refractivity contribution in [3.63, 3.8) is 0 Å². The predicted octanol–water partition coefficient (Wildman–Crippen LogP) is 4.75. The third-order valence-corrected chi connectivity index (χ3v) is 8.31. The molecule has 1 aromatic heterocycles. The number of benzene rings is 1. The van der Waals surface area contributed by atoms with Gasteiger partial charge in [-0.05, 0) is 81.9 Å². The van der Waals surface area contributed by atoms with Gasteiger partial charge in [0.2, 0.25) is 5.91 Å². The van der Waals surface area contributed by atoms with Gasteiger partial charge in [0.05, 0.1) is 17.2 Å². The summed E-state index contributed by atoms with van der Waals surface area (Å²) in [6.07, 6.45) is 0.200. The number of aromatic nitrogens is 2. The third-order valence-electron chi connectivity index (χ3n) is 8.31. The molecule has 0 unspecified atom stereocenters. The van der Waals surface area contributed by atoms with Gasteiger partial charge >= 0.3 is 12.1 Å². The van der Waals surface area contributed by atoms with E-state index in [0.29, 0.717) is 49.9 Å². The number of aliphatic hydroxyl groups is 1. The van der Waals surface area contributed by atoms with Crippen molar-refractivity contribution in [2.75, 3.05) is 11.4 Å². The smallest absolute Gasteiger partial charge is 0.390 e. The first kappa shape index (κ1) is 23.8. The van der Waals surface area contributed by atoms with Crippen LogP contribution in [0.1, 0.15) is 75.6 Å². The van der Waals surface area contributed by atoms with E-state index < -0.39 is 23.1 Å². The maximum absolute atomic E-state index is 13.5. The SMILES string of the molecule is CC1(O)CC(C(=O)N(CC23CCC(c4noc(C(F)(F)F)n4)(CC2)CC3)c2cccc(C#N)c2)C1. The lowest BCUT2D eigenvalue weighted by atomic mass is 9.53. The zero-order valence-electron chi connectivity index (χ0n) is 19.4. The van der Waals surface area contributed by atoms with Crippen LogP contribution in [0.3, 0.4) is 0 Å². The van der Waals surface area contributed by atoms with Gasteiger partial charge in [-0.1, -0.05) is 11.2 Å². The molecule has 1 N–H and O–H groups in total. The summed E-state index contributed by atoms with van der Waals surface area (Å²) >= 11 is 0. The van der Waals surface area contributed by atoms with Crippen molar-refractivity contribution in [1.29, 1.82) is 5.26 Å². The molecule has 35 heavy (non-hydrogen) atoms. The van der Waals surface area contributed by atoms with Crippen molar-refractivity contribution in [3.8, 4) is 6.07 Å². The Kier molecular flexibility index (Phi) is 5.47. The van der Waals surface area contributed by atoms with Crippen molar-refractivity contribution in [3.05, 3.63) is 41.5 Å². The second-order valence-corrected chi connectivity index (χ2v) is 10.9. The van der Waals surface area contributed by atoms with Crippen LogP contribution in [0.25, 0.3) is 0 Å². The molecule has 0 radical (unpaired) electrons. The fourth-order valence-electron chi connectivity index (χ4n) is 6.16. The third kappa shape index (κ3) is 4.31. The second-order valence-electron chi connectivity index (χ2n) is 10.9. The maximum atomic E-state index is 13.5. The molecule has 4 aliphatic carbocycles. The molecule has 4 fully saturated rings. The van der Waals surface area contributed by atoms with Crippen molar-refractivity contribution < 1.29 is 27.6 Å². The Labute approximate surface area is 200 Å². The Morgan fingerprint density at radius 3 is 2.43 bits per heavy atom. The molecule has 1 heterocycles. The highest BCUT2D eigenvalue weighted by atomic mass is 19.4. The molecular weight excluding hydrogens is 461 g/mol. The largest absolute Gasteiger partial charge is 0.471 e. The maximum Gasteiger partial charge on any atom is 0.471 e. The molecule has 10 heteroatoms. The van der Waals surface area contributed by atoms with Crippen molar-refractivity contribution >= 4 is 11.6 Å². The molecule has 2 aromatic rings. The van der Waals surface area contributed by atoms with E-state index in [-0.39, 0.29) is 23.1 Å². The van der Waals surface area contributed by atoms with Crippen LogP contribution in [0.2, 0.25) is 0 Å². The van der Waals surface area contributed by atoms with Crippen molar-refractivity contribution in [1.82, 2.24) is 10.1 Å². The van der Waals surface area contributed by atoms with Gasteiger partial charge < -0.3 is 14.5 Å². The molecular formula is C25H27F3N4O3. The van der Waals surface area contributed by atoms with E-state index in [1.807, 2.05) is 6.07 Å². The summed E-state index contributed by atoms with van der Waals surface area (Å²) in [5, 5.41) is 23.2. The molecule has 0 spiro atoms. The molecule has 1 aromatic carbocycles. The molecule has 0 saturated heterocycles. The molecule has 6 rings (SSSR count). The number of carbonyl (C=O) groups excluding carboxylic acids is 1. The Morgan fingerprint density at radius 1 is 1.23 bits per heavy atom. The van der Waals surface area contributed by atoms with Crippen LogP contribution in [0.15, 0.2) is 28.8 Å². The van der Waals surface area contributed by atoms with Gasteiger partial charge in [-0.3, -0.25) is 4.79 Å². The van der Waals surface area contributed by atoms with E-state index in [1.165, 1.54) is 0 Å². The zero-order chi connectivity index (χ0) is 25.1. The number of rotatable bonds is 5. The monoisotopic (exact) mass is 488 g/mol. The molecule has 0 atom stereocenters. The van der Waals surface area contributed by atoms with E-state index in [2.05, 4.69) is 20.7 Å². The molecule has 1 amide bonds. The predicted molar refractivity (Wildman–Crippen MR) is 118 cm³/mol. The van der Waals surface area contributed by atoms with E-state index in [1.54, 1.807) is 30.0 Å². The van der Waals surface area contributed by atoms with Gasteiger partial charge in [-0.25, -0.2) is 0 Å². The molecule has 0 aliphatic heterocycles. The van der Waals surface area contributed by atoms with Crippen molar-refractivity contribution in [2.24, 2.45) is 11.3 Å². The summed E-state index contributed by atoms with van der Waals surface area (Å²) in [4.78, 5) is 19.0. The van der Waals surface area contributed by atoms with Gasteiger partial charge in [0.15, 0.2) is 5.82 Å². The minimum atomic E-state index is -4.67. The fraction of sp³-hybridized carbons (Fsp3) is 0.600. The number of fused-ring (bicyclic) bond motifs is 3. The molecule has 4 aliphatic rings. The number of amides is 1. The minimum absolute atomic E-state index is 0.0589. The zero-order valence-corrected chi connectivity index (χ0v) is 19.4. The highest BCUT2D eigenvalue weighted by Crippen LogP contribution is 2.58.